The Morgan fingerprint density at radius 2 is 1.73 bits per heavy atom. The third-order valence-corrected chi connectivity index (χ3v) is 7.75. The summed E-state index contributed by atoms with van der Waals surface area (Å²) in [6, 6.07) is 10.3. The van der Waals surface area contributed by atoms with Gasteiger partial charge in [0.25, 0.3) is 0 Å². The number of carbonyl (C=O) groups excluding carboxylic acids is 2. The van der Waals surface area contributed by atoms with Gasteiger partial charge in [-0.25, -0.2) is 4.39 Å². The first kappa shape index (κ1) is 23.9. The van der Waals surface area contributed by atoms with E-state index >= 15 is 0 Å². The zero-order valence-corrected chi connectivity index (χ0v) is 20.1. The molecule has 2 aliphatic rings. The van der Waals surface area contributed by atoms with Crippen molar-refractivity contribution in [3.63, 3.8) is 0 Å². The number of carbonyl (C=O) groups is 2. The first-order valence-corrected chi connectivity index (χ1v) is 13.0. The summed E-state index contributed by atoms with van der Waals surface area (Å²) in [6.45, 7) is 5.13. The second-order valence-electron chi connectivity index (χ2n) is 9.20. The number of thiophene rings is 1. The van der Waals surface area contributed by atoms with Gasteiger partial charge in [-0.1, -0.05) is 37.5 Å². The largest absolute Gasteiger partial charge is 0.340 e. The van der Waals surface area contributed by atoms with Gasteiger partial charge in [0.05, 0.1) is 6.42 Å². The van der Waals surface area contributed by atoms with E-state index in [-0.39, 0.29) is 17.6 Å². The monoisotopic (exact) mass is 471 g/mol. The van der Waals surface area contributed by atoms with Gasteiger partial charge < -0.3 is 9.80 Å². The lowest BCUT2D eigenvalue weighted by molar-refractivity contribution is -0.138. The highest BCUT2D eigenvalue weighted by Crippen LogP contribution is 2.26. The van der Waals surface area contributed by atoms with Crippen molar-refractivity contribution in [1.29, 1.82) is 0 Å². The molecule has 33 heavy (non-hydrogen) atoms. The third kappa shape index (κ3) is 6.87. The van der Waals surface area contributed by atoms with Crippen LogP contribution in [0.5, 0.6) is 0 Å². The minimum Gasteiger partial charge on any atom is -0.340 e. The van der Waals surface area contributed by atoms with Crippen molar-refractivity contribution in [2.75, 3.05) is 39.3 Å². The molecule has 2 fully saturated rings. The van der Waals surface area contributed by atoms with Crippen LogP contribution < -0.4 is 0 Å². The summed E-state index contributed by atoms with van der Waals surface area (Å²) in [5.74, 6) is 0.397. The molecular formula is C26H34FN3O2S. The predicted octanol–water partition coefficient (Wildman–Crippen LogP) is 4.18. The topological polar surface area (TPSA) is 43.9 Å². The molecule has 1 aromatic heterocycles. The van der Waals surface area contributed by atoms with Crippen LogP contribution in [0.2, 0.25) is 0 Å². The Labute approximate surface area is 200 Å². The van der Waals surface area contributed by atoms with Crippen LogP contribution >= 0.6 is 11.3 Å². The number of hydrogen-bond acceptors (Lipinski definition) is 4. The zero-order valence-electron chi connectivity index (χ0n) is 19.3. The number of nitrogens with zero attached hydrogens (tertiary/aromatic N) is 3. The van der Waals surface area contributed by atoms with Crippen molar-refractivity contribution in [2.24, 2.45) is 5.92 Å². The highest BCUT2D eigenvalue weighted by Gasteiger charge is 2.28. The van der Waals surface area contributed by atoms with Crippen molar-refractivity contribution in [3.05, 3.63) is 58.0 Å². The van der Waals surface area contributed by atoms with Crippen LogP contribution in [0.1, 0.15) is 42.5 Å². The first-order chi connectivity index (χ1) is 16.1. The second kappa shape index (κ2) is 11.7. The van der Waals surface area contributed by atoms with Crippen molar-refractivity contribution >= 4 is 23.2 Å². The van der Waals surface area contributed by atoms with Gasteiger partial charge in [0.15, 0.2) is 0 Å². The van der Waals surface area contributed by atoms with E-state index in [0.717, 1.165) is 56.0 Å². The molecule has 1 saturated heterocycles. The van der Waals surface area contributed by atoms with Gasteiger partial charge in [-0.3, -0.25) is 14.5 Å². The summed E-state index contributed by atoms with van der Waals surface area (Å²) in [5.41, 5.74) is 0.929. The van der Waals surface area contributed by atoms with Crippen LogP contribution in [0.25, 0.3) is 0 Å². The van der Waals surface area contributed by atoms with Gasteiger partial charge in [-0.05, 0) is 42.0 Å². The fourth-order valence-electron chi connectivity index (χ4n) is 4.84. The molecule has 0 atom stereocenters. The van der Waals surface area contributed by atoms with Crippen molar-refractivity contribution < 1.29 is 14.0 Å². The molecule has 2 amide bonds. The van der Waals surface area contributed by atoms with Crippen molar-refractivity contribution in [2.45, 2.75) is 45.1 Å². The smallest absolute Gasteiger partial charge is 0.228 e. The third-order valence-electron chi connectivity index (χ3n) is 6.87. The van der Waals surface area contributed by atoms with E-state index < -0.39 is 0 Å². The molecule has 0 spiro atoms. The molecule has 2 heterocycles. The molecule has 1 aliphatic heterocycles. The van der Waals surface area contributed by atoms with E-state index in [2.05, 4.69) is 4.90 Å². The quantitative estimate of drug-likeness (QED) is 0.580. The summed E-state index contributed by atoms with van der Waals surface area (Å²) in [6.07, 6.45) is 6.10. The van der Waals surface area contributed by atoms with E-state index in [1.165, 1.54) is 31.4 Å². The SMILES string of the molecule is O=C(Cc1cccs1)N(CCN1CCN(C(=O)C2CCCCC2)CC1)Cc1ccc(F)cc1. The van der Waals surface area contributed by atoms with Gasteiger partial charge in [0.1, 0.15) is 5.82 Å². The maximum atomic E-state index is 13.3. The Kier molecular flexibility index (Phi) is 8.51. The number of hydrogen-bond donors (Lipinski definition) is 0. The minimum absolute atomic E-state index is 0.0906. The van der Waals surface area contributed by atoms with E-state index in [4.69, 9.17) is 0 Å². The Bertz CT molecular complexity index is 889. The van der Waals surface area contributed by atoms with Gasteiger partial charge in [0.2, 0.25) is 11.8 Å². The Morgan fingerprint density at radius 1 is 1.00 bits per heavy atom. The fraction of sp³-hybridized carbons (Fsp3) is 0.538. The molecule has 7 heteroatoms. The van der Waals surface area contributed by atoms with Crippen molar-refractivity contribution in [3.8, 4) is 0 Å². The highest BCUT2D eigenvalue weighted by atomic mass is 32.1. The van der Waals surface area contributed by atoms with E-state index in [1.54, 1.807) is 23.5 Å². The van der Waals surface area contributed by atoms with E-state index in [1.807, 2.05) is 27.3 Å². The van der Waals surface area contributed by atoms with E-state index in [9.17, 15) is 14.0 Å². The summed E-state index contributed by atoms with van der Waals surface area (Å²) in [5, 5.41) is 1.99. The van der Waals surface area contributed by atoms with Gasteiger partial charge in [-0.15, -0.1) is 11.3 Å². The zero-order chi connectivity index (χ0) is 23.0. The van der Waals surface area contributed by atoms with E-state index in [0.29, 0.717) is 25.4 Å². The van der Waals surface area contributed by atoms with Gasteiger partial charge in [0, 0.05) is 56.6 Å². The lowest BCUT2D eigenvalue weighted by Gasteiger charge is -2.38. The predicted molar refractivity (Wildman–Crippen MR) is 129 cm³/mol. The van der Waals surface area contributed by atoms with Crippen LogP contribution in [-0.4, -0.2) is 65.8 Å². The number of halogens is 1. The molecule has 1 aliphatic carbocycles. The Morgan fingerprint density at radius 3 is 2.39 bits per heavy atom. The molecule has 4 rings (SSSR count). The number of benzene rings is 1. The maximum absolute atomic E-state index is 13.3. The minimum atomic E-state index is -0.268. The lowest BCUT2D eigenvalue weighted by Crippen LogP contribution is -2.52. The van der Waals surface area contributed by atoms with Crippen LogP contribution in [0, 0.1) is 11.7 Å². The average molecular weight is 472 g/mol. The fourth-order valence-corrected chi connectivity index (χ4v) is 5.53. The van der Waals surface area contributed by atoms with Crippen LogP contribution in [0.15, 0.2) is 41.8 Å². The maximum Gasteiger partial charge on any atom is 0.228 e. The summed E-state index contributed by atoms with van der Waals surface area (Å²) >= 11 is 1.59. The number of piperazine rings is 1. The van der Waals surface area contributed by atoms with Crippen molar-refractivity contribution in [1.82, 2.24) is 14.7 Å². The van der Waals surface area contributed by atoms with Gasteiger partial charge >= 0.3 is 0 Å². The van der Waals surface area contributed by atoms with Crippen LogP contribution in [-0.2, 0) is 22.6 Å². The Balaban J connectivity index is 1.30. The molecule has 178 valence electrons. The number of amides is 2. The summed E-state index contributed by atoms with van der Waals surface area (Å²) in [4.78, 5) is 33.2. The summed E-state index contributed by atoms with van der Waals surface area (Å²) < 4.78 is 13.3. The highest BCUT2D eigenvalue weighted by molar-refractivity contribution is 7.10. The molecule has 0 N–H and O–H groups in total. The number of rotatable bonds is 8. The standard InChI is InChI=1S/C26H34FN3O2S/c27-23-10-8-21(9-11-23)20-30(25(31)19-24-7-4-18-33-24)17-14-28-12-15-29(16-13-28)26(32)22-5-2-1-3-6-22/h4,7-11,18,22H,1-3,5-6,12-17,19-20H2. The van der Waals surface area contributed by atoms with Crippen LogP contribution in [0.3, 0.4) is 0 Å². The van der Waals surface area contributed by atoms with Gasteiger partial charge in [-0.2, -0.15) is 0 Å². The molecule has 1 saturated carbocycles. The molecule has 0 radical (unpaired) electrons. The average Bonchev–Trinajstić information content (AvgIpc) is 3.36. The lowest BCUT2D eigenvalue weighted by atomic mass is 9.88. The second-order valence-corrected chi connectivity index (χ2v) is 10.2. The molecule has 0 unspecified atom stereocenters. The molecule has 5 nitrogen and oxygen atoms in total. The molecule has 1 aromatic carbocycles. The first-order valence-electron chi connectivity index (χ1n) is 12.1. The summed E-state index contributed by atoms with van der Waals surface area (Å²) in [7, 11) is 0. The molecule has 2 aromatic rings. The molecular weight excluding hydrogens is 437 g/mol. The Hall–Kier alpha value is -2.25. The molecule has 0 bridgehead atoms. The van der Waals surface area contributed by atoms with Crippen LogP contribution in [0.4, 0.5) is 4.39 Å². The normalized spacial score (nSPS) is 17.8.